The molecule has 2 aromatic carbocycles. The van der Waals surface area contributed by atoms with Crippen molar-refractivity contribution in [1.29, 1.82) is 0 Å². The molecule has 0 aliphatic heterocycles. The Bertz CT molecular complexity index is 1220. The Morgan fingerprint density at radius 1 is 1.07 bits per heavy atom. The van der Waals surface area contributed by atoms with E-state index in [2.05, 4.69) is 0 Å². The predicted octanol–water partition coefficient (Wildman–Crippen LogP) is 6.02. The van der Waals surface area contributed by atoms with Crippen molar-refractivity contribution in [3.05, 3.63) is 87.8 Å². The Kier molecular flexibility index (Phi) is 4.69. The van der Waals surface area contributed by atoms with Crippen LogP contribution in [-0.4, -0.2) is 15.2 Å². The van der Waals surface area contributed by atoms with Crippen LogP contribution in [0.1, 0.15) is 32.1 Å². The molecule has 0 saturated carbocycles. The maximum absolute atomic E-state index is 13.3. The first-order valence-corrected chi connectivity index (χ1v) is 9.78. The van der Waals surface area contributed by atoms with E-state index in [0.717, 1.165) is 37.9 Å². The van der Waals surface area contributed by atoms with Crippen LogP contribution < -0.4 is 0 Å². The number of hydrogen-bond donors (Lipinski definition) is 0. The van der Waals surface area contributed by atoms with E-state index in [1.807, 2.05) is 49.6 Å². The highest BCUT2D eigenvalue weighted by Crippen LogP contribution is 2.29. The van der Waals surface area contributed by atoms with Gasteiger partial charge in [-0.25, -0.2) is 9.37 Å². The van der Waals surface area contributed by atoms with Gasteiger partial charge in [0.05, 0.1) is 11.4 Å². The molecule has 0 spiro atoms. The van der Waals surface area contributed by atoms with E-state index in [9.17, 15) is 9.18 Å². The lowest BCUT2D eigenvalue weighted by Gasteiger charge is -2.03. The number of ketones is 1. The van der Waals surface area contributed by atoms with Crippen molar-refractivity contribution in [3.63, 3.8) is 0 Å². The molecular formula is C23H19FN2OS. The van der Waals surface area contributed by atoms with Crippen molar-refractivity contribution in [3.8, 4) is 11.3 Å². The third-order valence-electron chi connectivity index (χ3n) is 4.78. The summed E-state index contributed by atoms with van der Waals surface area (Å²) in [6.45, 7) is 6.04. The van der Waals surface area contributed by atoms with Gasteiger partial charge in [-0.15, -0.1) is 11.3 Å². The number of carbonyl (C=O) groups excluding carboxylic acids is 1. The minimum Gasteiger partial charge on any atom is -0.290 e. The molecule has 0 bridgehead atoms. The van der Waals surface area contributed by atoms with Gasteiger partial charge in [0.2, 0.25) is 0 Å². The topological polar surface area (TPSA) is 34.4 Å². The lowest BCUT2D eigenvalue weighted by atomic mass is 10.0. The maximum atomic E-state index is 13.3. The largest absolute Gasteiger partial charge is 0.290 e. The fraction of sp³-hybridized carbons (Fsp3) is 0.130. The van der Waals surface area contributed by atoms with Crippen LogP contribution in [-0.2, 0) is 0 Å². The van der Waals surface area contributed by atoms with Gasteiger partial charge in [0.15, 0.2) is 10.7 Å². The zero-order valence-corrected chi connectivity index (χ0v) is 16.7. The molecule has 0 atom stereocenters. The summed E-state index contributed by atoms with van der Waals surface area (Å²) in [6.07, 6.45) is 5.37. The smallest absolute Gasteiger partial charge is 0.194 e. The first-order valence-electron chi connectivity index (χ1n) is 8.96. The van der Waals surface area contributed by atoms with Crippen molar-refractivity contribution in [1.82, 2.24) is 9.38 Å². The van der Waals surface area contributed by atoms with Crippen LogP contribution in [0.5, 0.6) is 0 Å². The molecule has 0 amide bonds. The van der Waals surface area contributed by atoms with E-state index >= 15 is 0 Å². The molecule has 0 radical (unpaired) electrons. The maximum Gasteiger partial charge on any atom is 0.194 e. The van der Waals surface area contributed by atoms with Gasteiger partial charge in [0.1, 0.15) is 5.82 Å². The number of hydrogen-bond acceptors (Lipinski definition) is 3. The second kappa shape index (κ2) is 7.17. The average Bonchev–Trinajstić information content (AvgIpc) is 3.18. The first-order chi connectivity index (χ1) is 13.4. The first kappa shape index (κ1) is 18.3. The molecule has 3 nitrogen and oxygen atoms in total. The summed E-state index contributed by atoms with van der Waals surface area (Å²) in [5.41, 5.74) is 5.26. The molecule has 28 heavy (non-hydrogen) atoms. The molecule has 0 aliphatic rings. The Balaban J connectivity index is 1.77. The van der Waals surface area contributed by atoms with Gasteiger partial charge in [0.25, 0.3) is 0 Å². The Hall–Kier alpha value is -3.05. The van der Waals surface area contributed by atoms with Gasteiger partial charge < -0.3 is 0 Å². The predicted molar refractivity (Wildman–Crippen MR) is 112 cm³/mol. The summed E-state index contributed by atoms with van der Waals surface area (Å²) in [4.78, 5) is 19.4. The number of benzene rings is 2. The summed E-state index contributed by atoms with van der Waals surface area (Å²) >= 11 is 1.58. The average molecular weight is 390 g/mol. The normalized spacial score (nSPS) is 11.6. The number of carbonyl (C=O) groups is 1. The summed E-state index contributed by atoms with van der Waals surface area (Å²) in [6, 6.07) is 12.0. The van der Waals surface area contributed by atoms with Crippen molar-refractivity contribution in [2.24, 2.45) is 0 Å². The van der Waals surface area contributed by atoms with Crippen molar-refractivity contribution in [2.45, 2.75) is 20.8 Å². The molecular weight excluding hydrogens is 371 g/mol. The number of allylic oxidation sites excluding steroid dienone is 1. The molecule has 0 saturated heterocycles. The van der Waals surface area contributed by atoms with Gasteiger partial charge in [-0.3, -0.25) is 9.20 Å². The second-order valence-electron chi connectivity index (χ2n) is 6.84. The highest BCUT2D eigenvalue weighted by atomic mass is 32.1. The van der Waals surface area contributed by atoms with Gasteiger partial charge >= 0.3 is 0 Å². The number of nitrogens with zero attached hydrogens (tertiary/aromatic N) is 2. The molecule has 0 aliphatic carbocycles. The number of aryl methyl sites for hydroxylation is 3. The molecule has 4 aromatic rings. The summed E-state index contributed by atoms with van der Waals surface area (Å²) in [5, 5.41) is 0. The third-order valence-corrected chi connectivity index (χ3v) is 5.68. The van der Waals surface area contributed by atoms with Crippen LogP contribution >= 0.6 is 11.3 Å². The lowest BCUT2D eigenvalue weighted by Crippen LogP contribution is -1.96. The molecule has 0 fully saturated rings. The van der Waals surface area contributed by atoms with E-state index in [1.54, 1.807) is 35.6 Å². The molecule has 4 rings (SSSR count). The zero-order valence-electron chi connectivity index (χ0n) is 15.9. The number of fused-ring (bicyclic) bond motifs is 1. The zero-order chi connectivity index (χ0) is 19.8. The van der Waals surface area contributed by atoms with Gasteiger partial charge in [0, 0.05) is 22.2 Å². The Labute approximate surface area is 166 Å². The highest BCUT2D eigenvalue weighted by Gasteiger charge is 2.15. The van der Waals surface area contributed by atoms with Crippen molar-refractivity contribution < 1.29 is 9.18 Å². The van der Waals surface area contributed by atoms with Gasteiger partial charge in [-0.1, -0.05) is 12.1 Å². The van der Waals surface area contributed by atoms with Crippen LogP contribution in [0.15, 0.2) is 54.7 Å². The molecule has 140 valence electrons. The SMILES string of the molecule is Cc1cn2c(/C=C/C(=O)c3ccc(C)c(C)c3)c(-c3ccc(F)cc3)nc2s1. The van der Waals surface area contributed by atoms with Crippen molar-refractivity contribution in [2.75, 3.05) is 0 Å². The number of aromatic nitrogens is 2. The van der Waals surface area contributed by atoms with Crippen LogP contribution in [0.3, 0.4) is 0 Å². The van der Waals surface area contributed by atoms with Crippen LogP contribution in [0.4, 0.5) is 4.39 Å². The molecule has 2 heterocycles. The molecule has 5 heteroatoms. The lowest BCUT2D eigenvalue weighted by molar-refractivity contribution is 0.104. The third kappa shape index (κ3) is 3.41. The number of thiazole rings is 1. The van der Waals surface area contributed by atoms with Gasteiger partial charge in [-0.05, 0) is 74.4 Å². The van der Waals surface area contributed by atoms with E-state index in [-0.39, 0.29) is 11.6 Å². The number of halogens is 1. The fourth-order valence-corrected chi connectivity index (χ4v) is 3.93. The van der Waals surface area contributed by atoms with E-state index in [4.69, 9.17) is 4.98 Å². The van der Waals surface area contributed by atoms with Crippen LogP contribution in [0.25, 0.3) is 22.3 Å². The summed E-state index contributed by atoms with van der Waals surface area (Å²) in [5.74, 6) is -0.349. The standard InChI is InChI=1S/C23H19FN2OS/c1-14-4-5-18(12-15(14)2)21(27)11-10-20-22(17-6-8-19(24)9-7-17)25-23-26(20)13-16(3)28-23/h4-13H,1-3H3/b11-10+. The van der Waals surface area contributed by atoms with Gasteiger partial charge in [-0.2, -0.15) is 0 Å². The molecule has 0 N–H and O–H groups in total. The summed E-state index contributed by atoms with van der Waals surface area (Å²) < 4.78 is 15.3. The number of imidazole rings is 1. The molecule has 2 aromatic heterocycles. The Morgan fingerprint density at radius 3 is 2.54 bits per heavy atom. The monoisotopic (exact) mass is 390 g/mol. The highest BCUT2D eigenvalue weighted by molar-refractivity contribution is 7.17. The molecule has 0 unspecified atom stereocenters. The van der Waals surface area contributed by atoms with E-state index in [1.165, 1.54) is 12.1 Å². The minimum absolute atomic E-state index is 0.0601. The number of rotatable bonds is 4. The minimum atomic E-state index is -0.289. The van der Waals surface area contributed by atoms with Crippen LogP contribution in [0.2, 0.25) is 0 Å². The Morgan fingerprint density at radius 2 is 1.82 bits per heavy atom. The van der Waals surface area contributed by atoms with E-state index in [0.29, 0.717) is 5.56 Å². The quantitative estimate of drug-likeness (QED) is 0.315. The fourth-order valence-electron chi connectivity index (χ4n) is 3.10. The van der Waals surface area contributed by atoms with Crippen molar-refractivity contribution >= 4 is 28.2 Å². The van der Waals surface area contributed by atoms with Crippen LogP contribution in [0, 0.1) is 26.6 Å². The summed E-state index contributed by atoms with van der Waals surface area (Å²) in [7, 11) is 0. The second-order valence-corrected chi connectivity index (χ2v) is 8.06. The van der Waals surface area contributed by atoms with E-state index < -0.39 is 0 Å².